The summed E-state index contributed by atoms with van der Waals surface area (Å²) in [5.41, 5.74) is 12.3. The van der Waals surface area contributed by atoms with Gasteiger partial charge in [-0.25, -0.2) is 0 Å². The molecule has 0 heterocycles. The summed E-state index contributed by atoms with van der Waals surface area (Å²) in [5.74, 6) is 0. The van der Waals surface area contributed by atoms with Crippen LogP contribution in [0.1, 0.15) is 140 Å². The molecule has 3 aromatic rings. The van der Waals surface area contributed by atoms with E-state index in [0.717, 1.165) is 0 Å². The van der Waals surface area contributed by atoms with Crippen LogP contribution in [0.4, 0.5) is 5.69 Å². The molecule has 0 N–H and O–H groups in total. The van der Waals surface area contributed by atoms with Crippen molar-refractivity contribution in [1.82, 2.24) is 0 Å². The Labute approximate surface area is 260 Å². The van der Waals surface area contributed by atoms with Gasteiger partial charge in [-0.2, -0.15) is 0 Å². The summed E-state index contributed by atoms with van der Waals surface area (Å²) < 4.78 is 0. The number of benzene rings is 3. The first-order valence-corrected chi connectivity index (χ1v) is 16.1. The molecule has 0 amide bonds. The molecule has 0 unspecified atom stereocenters. The van der Waals surface area contributed by atoms with Crippen LogP contribution in [0.15, 0.2) is 54.6 Å². The molecule has 0 aromatic heterocycles. The Morgan fingerprint density at radius 2 is 0.738 bits per heavy atom. The van der Waals surface area contributed by atoms with Crippen LogP contribution >= 0.6 is 0 Å². The van der Waals surface area contributed by atoms with Crippen molar-refractivity contribution in [2.45, 2.75) is 151 Å². The van der Waals surface area contributed by atoms with E-state index >= 15 is 0 Å². The summed E-state index contributed by atoms with van der Waals surface area (Å²) in [4.78, 5) is 2.65. The number of para-hydroxylation sites is 1. The molecule has 0 fully saturated rings. The van der Waals surface area contributed by atoms with Gasteiger partial charge in [0.25, 0.3) is 0 Å². The Hall–Kier alpha value is -2.54. The van der Waals surface area contributed by atoms with Gasteiger partial charge < -0.3 is 4.90 Å². The van der Waals surface area contributed by atoms with Crippen LogP contribution in [0, 0.1) is 0 Å². The Morgan fingerprint density at radius 3 is 0.952 bits per heavy atom. The van der Waals surface area contributed by atoms with E-state index in [4.69, 9.17) is 0 Å². The maximum atomic E-state index is 2.65. The third-order valence-corrected chi connectivity index (χ3v) is 8.47. The highest BCUT2D eigenvalue weighted by Gasteiger charge is 2.31. The molecule has 0 spiro atoms. The molecule has 0 atom stereocenters. The lowest BCUT2D eigenvalue weighted by atomic mass is 9.77. The van der Waals surface area contributed by atoms with E-state index in [2.05, 4.69) is 177 Å². The largest absolute Gasteiger partial charge is 0.363 e. The molecule has 0 saturated carbocycles. The van der Waals surface area contributed by atoms with Gasteiger partial charge in [0.2, 0.25) is 0 Å². The van der Waals surface area contributed by atoms with Crippen molar-refractivity contribution in [2.75, 3.05) is 4.90 Å². The SMILES string of the molecule is CC(C)N(c1c(-c2cc(C(C)(C)C)cc(C(C)(C)C)c2)cccc1-c1cc(C(C)(C)C)cc(C(C)(C)C)c1)C(C)(C)C. The minimum Gasteiger partial charge on any atom is -0.363 e. The summed E-state index contributed by atoms with van der Waals surface area (Å²) in [5, 5.41) is 0. The number of hydrogen-bond donors (Lipinski definition) is 0. The third-order valence-electron chi connectivity index (χ3n) is 8.47. The van der Waals surface area contributed by atoms with Crippen LogP contribution in [-0.4, -0.2) is 11.6 Å². The van der Waals surface area contributed by atoms with E-state index in [1.807, 2.05) is 0 Å². The summed E-state index contributed by atoms with van der Waals surface area (Å²) in [6, 6.07) is 22.0. The number of anilines is 1. The summed E-state index contributed by atoms with van der Waals surface area (Å²) in [6.45, 7) is 39.7. The first-order chi connectivity index (χ1) is 18.8. The zero-order valence-corrected chi connectivity index (χ0v) is 30.2. The number of nitrogens with zero attached hydrogens (tertiary/aromatic N) is 1. The summed E-state index contributed by atoms with van der Waals surface area (Å²) in [7, 11) is 0. The van der Waals surface area contributed by atoms with Crippen molar-refractivity contribution < 1.29 is 0 Å². The molecule has 0 aliphatic heterocycles. The van der Waals surface area contributed by atoms with Crippen LogP contribution in [0.3, 0.4) is 0 Å². The van der Waals surface area contributed by atoms with E-state index in [0.29, 0.717) is 6.04 Å². The Balaban J connectivity index is 2.56. The molecule has 0 aliphatic rings. The van der Waals surface area contributed by atoms with Gasteiger partial charge in [0.15, 0.2) is 0 Å². The van der Waals surface area contributed by atoms with Gasteiger partial charge in [0, 0.05) is 22.7 Å². The quantitative estimate of drug-likeness (QED) is 0.303. The fourth-order valence-corrected chi connectivity index (χ4v) is 5.94. The lowest BCUT2D eigenvalue weighted by Crippen LogP contribution is -2.46. The number of hydrogen-bond acceptors (Lipinski definition) is 1. The summed E-state index contributed by atoms with van der Waals surface area (Å²) >= 11 is 0. The molecular formula is C41H61N. The van der Waals surface area contributed by atoms with Gasteiger partial charge in [0.05, 0.1) is 5.69 Å². The molecule has 1 nitrogen and oxygen atoms in total. The highest BCUT2D eigenvalue weighted by molar-refractivity contribution is 5.92. The second kappa shape index (κ2) is 11.2. The van der Waals surface area contributed by atoms with Gasteiger partial charge in [-0.3, -0.25) is 0 Å². The Bertz CT molecular complexity index is 1240. The van der Waals surface area contributed by atoms with Crippen LogP contribution in [-0.2, 0) is 21.7 Å². The molecule has 3 aromatic carbocycles. The maximum absolute atomic E-state index is 2.65. The topological polar surface area (TPSA) is 3.24 Å². The highest BCUT2D eigenvalue weighted by atomic mass is 15.2. The molecule has 3 rings (SSSR count). The molecule has 42 heavy (non-hydrogen) atoms. The zero-order valence-electron chi connectivity index (χ0n) is 30.2. The number of rotatable bonds is 4. The predicted molar refractivity (Wildman–Crippen MR) is 189 cm³/mol. The summed E-state index contributed by atoms with van der Waals surface area (Å²) in [6.07, 6.45) is 0. The van der Waals surface area contributed by atoms with Crippen molar-refractivity contribution in [3.8, 4) is 22.3 Å². The second-order valence-corrected chi connectivity index (χ2v) is 17.9. The van der Waals surface area contributed by atoms with Crippen LogP contribution in [0.2, 0.25) is 0 Å². The standard InChI is InChI=1S/C41H61N/c1-27(2)42(41(15,16)17)36-34(28-21-30(37(3,4)5)25-31(22-28)38(6,7)8)19-18-20-35(36)29-23-32(39(9,10)11)26-33(24-29)40(12,13)14/h18-27H,1-17H3. The van der Waals surface area contributed by atoms with E-state index in [1.54, 1.807) is 0 Å². The van der Waals surface area contributed by atoms with E-state index < -0.39 is 0 Å². The van der Waals surface area contributed by atoms with Gasteiger partial charge in [-0.05, 0) is 89.7 Å². The van der Waals surface area contributed by atoms with E-state index in [-0.39, 0.29) is 27.2 Å². The molecular weight excluding hydrogens is 506 g/mol. The molecule has 1 heteroatoms. The zero-order chi connectivity index (χ0) is 32.2. The smallest absolute Gasteiger partial charge is 0.0532 e. The highest BCUT2D eigenvalue weighted by Crippen LogP contribution is 2.46. The van der Waals surface area contributed by atoms with Crippen molar-refractivity contribution in [3.63, 3.8) is 0 Å². The fraction of sp³-hybridized carbons (Fsp3) is 0.561. The van der Waals surface area contributed by atoms with Crippen LogP contribution in [0.5, 0.6) is 0 Å². The third kappa shape index (κ3) is 7.50. The normalized spacial score (nSPS) is 13.6. The Morgan fingerprint density at radius 1 is 0.452 bits per heavy atom. The van der Waals surface area contributed by atoms with E-state index in [9.17, 15) is 0 Å². The Kier molecular flexibility index (Phi) is 9.04. The van der Waals surface area contributed by atoms with Crippen molar-refractivity contribution in [3.05, 3.63) is 76.9 Å². The molecule has 0 bridgehead atoms. The predicted octanol–water partition coefficient (Wildman–Crippen LogP) is 12.2. The minimum atomic E-state index is -0.0675. The lowest BCUT2D eigenvalue weighted by Gasteiger charge is -2.43. The first-order valence-electron chi connectivity index (χ1n) is 16.1. The van der Waals surface area contributed by atoms with Gasteiger partial charge in [0.1, 0.15) is 0 Å². The minimum absolute atomic E-state index is 0.0538. The molecule has 0 aliphatic carbocycles. The van der Waals surface area contributed by atoms with Crippen molar-refractivity contribution in [2.24, 2.45) is 0 Å². The first kappa shape index (κ1) is 34.0. The molecule has 0 radical (unpaired) electrons. The van der Waals surface area contributed by atoms with Crippen LogP contribution in [0.25, 0.3) is 22.3 Å². The van der Waals surface area contributed by atoms with Gasteiger partial charge in [-0.1, -0.05) is 138 Å². The average molecular weight is 568 g/mol. The van der Waals surface area contributed by atoms with Crippen molar-refractivity contribution in [1.29, 1.82) is 0 Å². The monoisotopic (exact) mass is 567 g/mol. The van der Waals surface area contributed by atoms with E-state index in [1.165, 1.54) is 50.2 Å². The van der Waals surface area contributed by atoms with Crippen LogP contribution < -0.4 is 4.90 Å². The van der Waals surface area contributed by atoms with Gasteiger partial charge >= 0.3 is 0 Å². The average Bonchev–Trinajstić information content (AvgIpc) is 2.80. The molecule has 0 saturated heterocycles. The maximum Gasteiger partial charge on any atom is 0.0532 e. The van der Waals surface area contributed by atoms with Gasteiger partial charge in [-0.15, -0.1) is 0 Å². The molecule has 230 valence electrons. The fourth-order valence-electron chi connectivity index (χ4n) is 5.94. The second-order valence-electron chi connectivity index (χ2n) is 17.9. The van der Waals surface area contributed by atoms with Crippen molar-refractivity contribution >= 4 is 5.69 Å². The lowest BCUT2D eigenvalue weighted by molar-refractivity contribution is 0.466.